The third-order valence-corrected chi connectivity index (χ3v) is 9.35. The molecule has 2 saturated heterocycles. The number of aliphatic hydroxyl groups is 1. The summed E-state index contributed by atoms with van der Waals surface area (Å²) in [6.45, 7) is 5.23. The Labute approximate surface area is 226 Å². The normalized spacial score (nSPS) is 33.5. The molecule has 9 atom stereocenters. The van der Waals surface area contributed by atoms with Gasteiger partial charge in [-0.3, -0.25) is 4.79 Å². The summed E-state index contributed by atoms with van der Waals surface area (Å²) in [6, 6.07) is 0. The predicted molar refractivity (Wildman–Crippen MR) is 145 cm³/mol. The van der Waals surface area contributed by atoms with Gasteiger partial charge in [-0.05, 0) is 56.8 Å². The Hall–Kier alpha value is -0.220. The first kappa shape index (κ1) is 29.3. The summed E-state index contributed by atoms with van der Waals surface area (Å²) in [7, 11) is 1.44. The molecule has 0 aromatic carbocycles. The van der Waals surface area contributed by atoms with Crippen molar-refractivity contribution in [3.05, 3.63) is 12.2 Å². The van der Waals surface area contributed by atoms with Crippen molar-refractivity contribution in [2.24, 2.45) is 17.8 Å². The van der Waals surface area contributed by atoms with Crippen LogP contribution >= 0.6 is 22.6 Å². The minimum Gasteiger partial charge on any atom is -0.469 e. The monoisotopic (exact) mass is 606 g/mol. The lowest BCUT2D eigenvalue weighted by Crippen LogP contribution is -2.32. The highest BCUT2D eigenvalue weighted by atomic mass is 127. The van der Waals surface area contributed by atoms with Crippen LogP contribution in [-0.4, -0.2) is 59.4 Å². The van der Waals surface area contributed by atoms with Crippen molar-refractivity contribution in [3.63, 3.8) is 0 Å². The van der Waals surface area contributed by atoms with E-state index in [0.717, 1.165) is 58.0 Å². The second kappa shape index (κ2) is 15.3. The second-order valence-electron chi connectivity index (χ2n) is 10.8. The molecule has 7 heteroatoms. The van der Waals surface area contributed by atoms with Crippen LogP contribution in [0.5, 0.6) is 0 Å². The van der Waals surface area contributed by atoms with E-state index in [9.17, 15) is 9.90 Å². The van der Waals surface area contributed by atoms with Crippen LogP contribution in [0, 0.1) is 17.8 Å². The van der Waals surface area contributed by atoms with E-state index in [1.807, 2.05) is 6.08 Å². The van der Waals surface area contributed by atoms with E-state index in [1.54, 1.807) is 0 Å². The van der Waals surface area contributed by atoms with Crippen LogP contribution in [0.4, 0.5) is 0 Å². The van der Waals surface area contributed by atoms with Crippen LogP contribution in [0.1, 0.15) is 90.9 Å². The van der Waals surface area contributed by atoms with Crippen molar-refractivity contribution in [2.45, 2.75) is 126 Å². The Kier molecular flexibility index (Phi) is 12.8. The molecule has 2 aliphatic heterocycles. The maximum atomic E-state index is 11.5. The van der Waals surface area contributed by atoms with Crippen molar-refractivity contribution in [3.8, 4) is 0 Å². The number of ether oxygens (including phenoxy) is 4. The van der Waals surface area contributed by atoms with Gasteiger partial charge in [0.05, 0.1) is 31.5 Å². The third-order valence-electron chi connectivity index (χ3n) is 7.93. The van der Waals surface area contributed by atoms with Gasteiger partial charge in [0.25, 0.3) is 0 Å². The Morgan fingerprint density at radius 1 is 1.23 bits per heavy atom. The second-order valence-corrected chi connectivity index (χ2v) is 12.4. The molecule has 3 aliphatic rings. The number of hydrogen-bond donors (Lipinski definition) is 1. The largest absolute Gasteiger partial charge is 0.469 e. The van der Waals surface area contributed by atoms with E-state index < -0.39 is 6.10 Å². The summed E-state index contributed by atoms with van der Waals surface area (Å²) < 4.78 is 24.1. The molecule has 35 heavy (non-hydrogen) atoms. The Balaban J connectivity index is 1.58. The lowest BCUT2D eigenvalue weighted by atomic mass is 9.88. The maximum absolute atomic E-state index is 11.5. The Bertz CT molecular complexity index is 651. The van der Waals surface area contributed by atoms with Gasteiger partial charge in [0.15, 0.2) is 6.29 Å². The number of rotatable bonds is 14. The Morgan fingerprint density at radius 3 is 2.77 bits per heavy atom. The number of carbonyl (C=O) groups excluding carboxylic acids is 1. The van der Waals surface area contributed by atoms with Crippen molar-refractivity contribution < 1.29 is 28.8 Å². The number of unbranched alkanes of at least 4 members (excludes halogenated alkanes) is 1. The zero-order valence-corrected chi connectivity index (χ0v) is 24.1. The SMILES string of the molecule is CCCCC(C)CC(O)/C=C/C1C(OC2CCCCO2)CC2OC(C(I)CCCC(=O)OC)CC21. The molecule has 1 saturated carbocycles. The smallest absolute Gasteiger partial charge is 0.305 e. The van der Waals surface area contributed by atoms with Gasteiger partial charge < -0.3 is 24.1 Å². The van der Waals surface area contributed by atoms with Crippen LogP contribution in [0.25, 0.3) is 0 Å². The molecule has 3 fully saturated rings. The predicted octanol–water partition coefficient (Wildman–Crippen LogP) is 5.97. The van der Waals surface area contributed by atoms with Crippen molar-refractivity contribution >= 4 is 28.6 Å². The molecular weight excluding hydrogens is 559 g/mol. The van der Waals surface area contributed by atoms with Gasteiger partial charge in [0, 0.05) is 29.3 Å². The summed E-state index contributed by atoms with van der Waals surface area (Å²) >= 11 is 2.49. The van der Waals surface area contributed by atoms with Crippen molar-refractivity contribution in [2.75, 3.05) is 13.7 Å². The van der Waals surface area contributed by atoms with Crippen molar-refractivity contribution in [1.82, 2.24) is 0 Å². The molecule has 0 aromatic rings. The average Bonchev–Trinajstić information content (AvgIpc) is 3.39. The first-order valence-electron chi connectivity index (χ1n) is 13.9. The minimum absolute atomic E-state index is 0.0713. The number of esters is 1. The van der Waals surface area contributed by atoms with E-state index in [0.29, 0.717) is 22.2 Å². The zero-order chi connectivity index (χ0) is 25.2. The fourth-order valence-electron chi connectivity index (χ4n) is 5.90. The molecule has 0 amide bonds. The van der Waals surface area contributed by atoms with E-state index >= 15 is 0 Å². The van der Waals surface area contributed by atoms with E-state index in [1.165, 1.54) is 26.4 Å². The molecule has 1 aliphatic carbocycles. The van der Waals surface area contributed by atoms with Crippen LogP contribution in [0.15, 0.2) is 12.2 Å². The summed E-state index contributed by atoms with van der Waals surface area (Å²) in [5.74, 6) is 1.01. The molecule has 9 unspecified atom stereocenters. The number of aliphatic hydroxyl groups excluding tert-OH is 1. The molecule has 1 N–H and O–H groups in total. The van der Waals surface area contributed by atoms with Gasteiger partial charge in [0.1, 0.15) is 0 Å². The average molecular weight is 607 g/mol. The molecule has 0 bridgehead atoms. The fourth-order valence-corrected chi connectivity index (χ4v) is 6.81. The van der Waals surface area contributed by atoms with E-state index in [2.05, 4.69) is 42.5 Å². The van der Waals surface area contributed by atoms with Crippen LogP contribution in [0.3, 0.4) is 0 Å². The number of fused-ring (bicyclic) bond motifs is 1. The topological polar surface area (TPSA) is 74.2 Å². The van der Waals surface area contributed by atoms with Crippen LogP contribution < -0.4 is 0 Å². The number of methoxy groups -OCH3 is 1. The standard InChI is InChI=1S/C28H47IO6/c1-4-5-9-19(2)16-20(30)13-14-21-22-17-26(23(29)10-8-11-27(31)32-3)34-25(22)18-24(21)35-28-12-6-7-15-33-28/h13-14,19-26,28,30H,4-12,15-18H2,1-3H3/b14-13+. The molecule has 0 spiro atoms. The van der Waals surface area contributed by atoms with Crippen molar-refractivity contribution in [1.29, 1.82) is 0 Å². The molecule has 3 rings (SSSR count). The lowest BCUT2D eigenvalue weighted by molar-refractivity contribution is -0.194. The molecular formula is C28H47IO6. The molecule has 0 aromatic heterocycles. The van der Waals surface area contributed by atoms with Crippen LogP contribution in [-0.2, 0) is 23.7 Å². The quantitative estimate of drug-likeness (QED) is 0.114. The number of halogens is 1. The van der Waals surface area contributed by atoms with E-state index in [4.69, 9.17) is 18.9 Å². The van der Waals surface area contributed by atoms with Gasteiger partial charge in [-0.25, -0.2) is 0 Å². The third kappa shape index (κ3) is 9.24. The number of alkyl halides is 1. The minimum atomic E-state index is -0.416. The summed E-state index contributed by atoms with van der Waals surface area (Å²) in [4.78, 5) is 11.5. The number of hydrogen-bond acceptors (Lipinski definition) is 6. The summed E-state index contributed by atoms with van der Waals surface area (Å²) in [5.41, 5.74) is 0. The highest BCUT2D eigenvalue weighted by molar-refractivity contribution is 14.1. The maximum Gasteiger partial charge on any atom is 0.305 e. The van der Waals surface area contributed by atoms with Gasteiger partial charge in [-0.1, -0.05) is 67.9 Å². The fraction of sp³-hybridized carbons (Fsp3) is 0.893. The van der Waals surface area contributed by atoms with Gasteiger partial charge in [0.2, 0.25) is 0 Å². The summed E-state index contributed by atoms with van der Waals surface area (Å²) in [6.07, 6.45) is 15.9. The molecule has 6 nitrogen and oxygen atoms in total. The first-order chi connectivity index (χ1) is 16.9. The van der Waals surface area contributed by atoms with Gasteiger partial charge in [-0.15, -0.1) is 0 Å². The first-order valence-corrected chi connectivity index (χ1v) is 15.2. The van der Waals surface area contributed by atoms with Gasteiger partial charge >= 0.3 is 5.97 Å². The highest BCUT2D eigenvalue weighted by Crippen LogP contribution is 2.47. The molecule has 0 radical (unpaired) electrons. The highest BCUT2D eigenvalue weighted by Gasteiger charge is 2.50. The Morgan fingerprint density at radius 2 is 2.06 bits per heavy atom. The number of carbonyl (C=O) groups is 1. The van der Waals surface area contributed by atoms with Gasteiger partial charge in [-0.2, -0.15) is 0 Å². The van der Waals surface area contributed by atoms with E-state index in [-0.39, 0.29) is 36.5 Å². The molecule has 202 valence electrons. The molecule has 2 heterocycles. The summed E-state index contributed by atoms with van der Waals surface area (Å²) in [5, 5.41) is 10.7. The lowest BCUT2D eigenvalue weighted by Gasteiger charge is -2.30. The van der Waals surface area contributed by atoms with Crippen LogP contribution in [0.2, 0.25) is 0 Å². The zero-order valence-electron chi connectivity index (χ0n) is 21.9.